The molecule has 2 aromatic heterocycles. The summed E-state index contributed by atoms with van der Waals surface area (Å²) in [5.41, 5.74) is 0.412. The number of sulfonamides is 1. The molecule has 0 aliphatic rings. The normalized spacial score (nSPS) is 11.8. The number of hydrogen-bond donors (Lipinski definition) is 2. The van der Waals surface area contributed by atoms with Crippen molar-refractivity contribution in [3.63, 3.8) is 0 Å². The summed E-state index contributed by atoms with van der Waals surface area (Å²) in [4.78, 5) is 11.1. The summed E-state index contributed by atoms with van der Waals surface area (Å²) >= 11 is 1.37. The van der Waals surface area contributed by atoms with E-state index in [1.807, 2.05) is 0 Å². The second-order valence-electron chi connectivity index (χ2n) is 4.48. The molecule has 8 heteroatoms. The van der Waals surface area contributed by atoms with E-state index in [9.17, 15) is 13.2 Å². The number of hydrogen-bond acceptors (Lipinski definition) is 4. The van der Waals surface area contributed by atoms with Gasteiger partial charge in [-0.3, -0.25) is 4.72 Å². The Hall–Kier alpha value is -1.80. The van der Waals surface area contributed by atoms with E-state index in [2.05, 4.69) is 4.72 Å². The molecule has 0 aliphatic carbocycles. The zero-order valence-corrected chi connectivity index (χ0v) is 12.5. The Labute approximate surface area is 120 Å². The van der Waals surface area contributed by atoms with Crippen molar-refractivity contribution in [2.75, 3.05) is 4.72 Å². The molecule has 0 aromatic carbocycles. The first kappa shape index (κ1) is 14.6. The van der Waals surface area contributed by atoms with Crippen LogP contribution in [0.1, 0.15) is 30.4 Å². The lowest BCUT2D eigenvalue weighted by Gasteiger charge is -2.09. The second kappa shape index (κ2) is 5.29. The Morgan fingerprint density at radius 3 is 2.60 bits per heavy atom. The van der Waals surface area contributed by atoms with Crippen molar-refractivity contribution in [2.45, 2.75) is 24.8 Å². The molecule has 2 rings (SSSR count). The average molecular weight is 314 g/mol. The summed E-state index contributed by atoms with van der Waals surface area (Å²) in [5, 5.41) is 12.5. The van der Waals surface area contributed by atoms with Crippen molar-refractivity contribution in [1.82, 2.24) is 4.57 Å². The van der Waals surface area contributed by atoms with E-state index in [1.54, 1.807) is 30.7 Å². The number of aromatic carboxylic acids is 1. The quantitative estimate of drug-likeness (QED) is 0.888. The van der Waals surface area contributed by atoms with Crippen molar-refractivity contribution >= 4 is 33.0 Å². The highest BCUT2D eigenvalue weighted by Crippen LogP contribution is 2.22. The topological polar surface area (TPSA) is 88.4 Å². The summed E-state index contributed by atoms with van der Waals surface area (Å²) in [5.74, 6) is -1.16. The highest BCUT2D eigenvalue weighted by atomic mass is 32.2. The van der Waals surface area contributed by atoms with Crippen molar-refractivity contribution in [3.8, 4) is 0 Å². The van der Waals surface area contributed by atoms with E-state index in [1.165, 1.54) is 22.1 Å². The van der Waals surface area contributed by atoms with Gasteiger partial charge in [0, 0.05) is 17.6 Å². The predicted octanol–water partition coefficient (Wildman–Crippen LogP) is 2.63. The summed E-state index contributed by atoms with van der Waals surface area (Å²) in [6.45, 7) is 3.57. The molecule has 0 spiro atoms. The van der Waals surface area contributed by atoms with Gasteiger partial charge < -0.3 is 9.67 Å². The Balaban J connectivity index is 2.42. The first-order valence-electron chi connectivity index (χ1n) is 5.81. The van der Waals surface area contributed by atoms with Crippen LogP contribution in [0.4, 0.5) is 5.69 Å². The molecule has 0 amide bonds. The highest BCUT2D eigenvalue weighted by Gasteiger charge is 2.22. The van der Waals surface area contributed by atoms with Crippen LogP contribution >= 0.6 is 11.3 Å². The van der Waals surface area contributed by atoms with E-state index >= 15 is 0 Å². The van der Waals surface area contributed by atoms with Crippen molar-refractivity contribution in [1.29, 1.82) is 0 Å². The Kier molecular flexibility index (Phi) is 3.87. The fourth-order valence-corrected chi connectivity index (χ4v) is 3.47. The Morgan fingerprint density at radius 1 is 1.45 bits per heavy atom. The van der Waals surface area contributed by atoms with Gasteiger partial charge in [-0.25, -0.2) is 13.2 Å². The highest BCUT2D eigenvalue weighted by molar-refractivity contribution is 7.92. The third-order valence-corrected chi connectivity index (χ3v) is 4.71. The van der Waals surface area contributed by atoms with Gasteiger partial charge in [-0.1, -0.05) is 0 Å². The van der Waals surface area contributed by atoms with E-state index in [-0.39, 0.29) is 16.6 Å². The standard InChI is InChI=1S/C12H14N2O4S2/c1-8(2)14-6-10(5-11(14)12(15)16)20(17,18)13-9-3-4-19-7-9/h3-8,13H,1-2H3,(H,15,16). The van der Waals surface area contributed by atoms with E-state index in [4.69, 9.17) is 5.11 Å². The summed E-state index contributed by atoms with van der Waals surface area (Å²) in [6.07, 6.45) is 1.34. The largest absolute Gasteiger partial charge is 0.477 e. The number of carboxylic acids is 1. The molecule has 0 saturated carbocycles. The minimum atomic E-state index is -3.78. The van der Waals surface area contributed by atoms with E-state index in [0.29, 0.717) is 5.69 Å². The van der Waals surface area contributed by atoms with Crippen molar-refractivity contribution in [3.05, 3.63) is 34.8 Å². The number of nitrogens with zero attached hydrogens (tertiary/aromatic N) is 1. The third-order valence-electron chi connectivity index (χ3n) is 2.68. The van der Waals surface area contributed by atoms with Gasteiger partial charge in [0.15, 0.2) is 0 Å². The molecule has 2 N–H and O–H groups in total. The molecule has 2 heterocycles. The molecular formula is C12H14N2O4S2. The third kappa shape index (κ3) is 2.86. The number of aromatic nitrogens is 1. The van der Waals surface area contributed by atoms with Crippen LogP contribution < -0.4 is 4.72 Å². The molecule has 6 nitrogen and oxygen atoms in total. The van der Waals surface area contributed by atoms with Crippen LogP contribution in [0.15, 0.2) is 34.0 Å². The van der Waals surface area contributed by atoms with Gasteiger partial charge in [-0.15, -0.1) is 0 Å². The van der Waals surface area contributed by atoms with Gasteiger partial charge in [-0.2, -0.15) is 11.3 Å². The van der Waals surface area contributed by atoms with Crippen molar-refractivity contribution < 1.29 is 18.3 Å². The fraction of sp³-hybridized carbons (Fsp3) is 0.250. The molecule has 0 fully saturated rings. The van der Waals surface area contributed by atoms with Crippen LogP contribution in [-0.4, -0.2) is 24.1 Å². The van der Waals surface area contributed by atoms with Crippen LogP contribution in [0.5, 0.6) is 0 Å². The monoisotopic (exact) mass is 314 g/mol. The van der Waals surface area contributed by atoms with Crippen LogP contribution in [0, 0.1) is 0 Å². The number of thiophene rings is 1. The maximum atomic E-state index is 12.2. The minimum Gasteiger partial charge on any atom is -0.477 e. The van der Waals surface area contributed by atoms with Gasteiger partial charge in [0.1, 0.15) is 10.6 Å². The first-order valence-corrected chi connectivity index (χ1v) is 8.24. The average Bonchev–Trinajstić information content (AvgIpc) is 2.95. The molecule has 0 unspecified atom stereocenters. The van der Waals surface area contributed by atoms with Crippen molar-refractivity contribution in [2.24, 2.45) is 0 Å². The molecule has 20 heavy (non-hydrogen) atoms. The number of carbonyl (C=O) groups is 1. The molecule has 0 saturated heterocycles. The van der Waals surface area contributed by atoms with Gasteiger partial charge in [0.05, 0.1) is 5.69 Å². The number of rotatable bonds is 5. The second-order valence-corrected chi connectivity index (χ2v) is 6.95. The zero-order valence-electron chi connectivity index (χ0n) is 10.9. The molecule has 0 bridgehead atoms. The van der Waals surface area contributed by atoms with Gasteiger partial charge >= 0.3 is 5.97 Å². The summed E-state index contributed by atoms with van der Waals surface area (Å²) < 4.78 is 28.2. The van der Waals surface area contributed by atoms with Crippen LogP contribution in [0.25, 0.3) is 0 Å². The summed E-state index contributed by atoms with van der Waals surface area (Å²) in [7, 11) is -3.78. The Bertz CT molecular complexity index is 715. The SMILES string of the molecule is CC(C)n1cc(S(=O)(=O)Nc2ccsc2)cc1C(=O)O. The molecule has 0 aliphatic heterocycles. The molecule has 2 aromatic rings. The first-order chi connectivity index (χ1) is 9.31. The summed E-state index contributed by atoms with van der Waals surface area (Å²) in [6, 6.07) is 2.66. The molecule has 0 radical (unpaired) electrons. The molecule has 108 valence electrons. The smallest absolute Gasteiger partial charge is 0.352 e. The number of nitrogens with one attached hydrogen (secondary N) is 1. The molecule has 0 atom stereocenters. The van der Waals surface area contributed by atoms with Crippen LogP contribution in [0.2, 0.25) is 0 Å². The fourth-order valence-electron chi connectivity index (χ4n) is 1.74. The number of anilines is 1. The van der Waals surface area contributed by atoms with Crippen LogP contribution in [0.3, 0.4) is 0 Å². The molecular weight excluding hydrogens is 300 g/mol. The van der Waals surface area contributed by atoms with E-state index in [0.717, 1.165) is 6.07 Å². The van der Waals surface area contributed by atoms with Gasteiger partial charge in [-0.05, 0) is 31.4 Å². The van der Waals surface area contributed by atoms with Gasteiger partial charge in [0.2, 0.25) is 0 Å². The lowest BCUT2D eigenvalue weighted by Crippen LogP contribution is -2.11. The lowest BCUT2D eigenvalue weighted by atomic mass is 10.3. The van der Waals surface area contributed by atoms with E-state index < -0.39 is 16.0 Å². The Morgan fingerprint density at radius 2 is 2.15 bits per heavy atom. The minimum absolute atomic E-state index is 0.0503. The van der Waals surface area contributed by atoms with Crippen LogP contribution in [-0.2, 0) is 10.0 Å². The van der Waals surface area contributed by atoms with Gasteiger partial charge in [0.25, 0.3) is 10.0 Å². The lowest BCUT2D eigenvalue weighted by molar-refractivity contribution is 0.0683. The maximum absolute atomic E-state index is 12.2. The number of carboxylic acid groups (broad SMARTS) is 1. The predicted molar refractivity (Wildman–Crippen MR) is 76.9 cm³/mol. The zero-order chi connectivity index (χ0) is 14.9. The maximum Gasteiger partial charge on any atom is 0.352 e.